The SMILES string of the molecule is CC[C@H](C(=O)NC1CCCC1)N(Cc1c(Cl)cccc1Cl)C(=O)CSCc1cccc(C)c1. The molecule has 4 nitrogen and oxygen atoms in total. The van der Waals surface area contributed by atoms with E-state index in [1.165, 1.54) is 11.1 Å². The molecular formula is C26H32Cl2N2O2S. The molecule has 0 aromatic heterocycles. The van der Waals surface area contributed by atoms with E-state index < -0.39 is 6.04 Å². The molecule has 0 spiro atoms. The van der Waals surface area contributed by atoms with Gasteiger partial charge in [0.1, 0.15) is 6.04 Å². The number of thioether (sulfide) groups is 1. The van der Waals surface area contributed by atoms with Crippen molar-refractivity contribution in [3.63, 3.8) is 0 Å². The van der Waals surface area contributed by atoms with Crippen molar-refractivity contribution in [2.75, 3.05) is 5.75 Å². The van der Waals surface area contributed by atoms with Crippen molar-refractivity contribution < 1.29 is 9.59 Å². The van der Waals surface area contributed by atoms with Crippen molar-refractivity contribution in [3.05, 3.63) is 69.2 Å². The summed E-state index contributed by atoms with van der Waals surface area (Å²) in [5.74, 6) is 0.837. The van der Waals surface area contributed by atoms with Gasteiger partial charge in [0.25, 0.3) is 0 Å². The second-order valence-corrected chi connectivity index (χ2v) is 10.4. The summed E-state index contributed by atoms with van der Waals surface area (Å²) >= 11 is 14.4. The van der Waals surface area contributed by atoms with Gasteiger partial charge in [-0.05, 0) is 43.9 Å². The van der Waals surface area contributed by atoms with Crippen LogP contribution in [0, 0.1) is 6.92 Å². The summed E-state index contributed by atoms with van der Waals surface area (Å²) in [4.78, 5) is 28.3. The van der Waals surface area contributed by atoms with E-state index in [-0.39, 0.29) is 30.2 Å². The van der Waals surface area contributed by atoms with Crippen LogP contribution in [0.2, 0.25) is 10.0 Å². The molecule has 0 heterocycles. The molecule has 7 heteroatoms. The van der Waals surface area contributed by atoms with Gasteiger partial charge in [-0.3, -0.25) is 9.59 Å². The lowest BCUT2D eigenvalue weighted by molar-refractivity contribution is -0.139. The summed E-state index contributed by atoms with van der Waals surface area (Å²) in [6.07, 6.45) is 4.79. The molecule has 1 N–H and O–H groups in total. The molecule has 1 aliphatic carbocycles. The Bertz CT molecular complexity index is 943. The van der Waals surface area contributed by atoms with Crippen molar-refractivity contribution in [1.29, 1.82) is 0 Å². The first kappa shape index (κ1) is 25.9. The summed E-state index contributed by atoms with van der Waals surface area (Å²) in [5.41, 5.74) is 3.05. The topological polar surface area (TPSA) is 49.4 Å². The number of aryl methyl sites for hydroxylation is 1. The van der Waals surface area contributed by atoms with Crippen molar-refractivity contribution >= 4 is 46.8 Å². The molecular weight excluding hydrogens is 475 g/mol. The Morgan fingerprint density at radius 3 is 2.42 bits per heavy atom. The average molecular weight is 508 g/mol. The molecule has 0 saturated heterocycles. The highest BCUT2D eigenvalue weighted by atomic mass is 35.5. The number of halogens is 2. The van der Waals surface area contributed by atoms with E-state index in [1.807, 2.05) is 13.0 Å². The van der Waals surface area contributed by atoms with Gasteiger partial charge < -0.3 is 10.2 Å². The van der Waals surface area contributed by atoms with E-state index >= 15 is 0 Å². The fourth-order valence-corrected chi connectivity index (χ4v) is 5.66. The zero-order valence-electron chi connectivity index (χ0n) is 19.3. The fourth-order valence-electron chi connectivity index (χ4n) is 4.28. The number of nitrogens with one attached hydrogen (secondary N) is 1. The van der Waals surface area contributed by atoms with E-state index in [2.05, 4.69) is 30.4 Å². The monoisotopic (exact) mass is 506 g/mol. The van der Waals surface area contributed by atoms with E-state index in [0.717, 1.165) is 31.4 Å². The van der Waals surface area contributed by atoms with E-state index in [0.29, 0.717) is 22.0 Å². The molecule has 1 fully saturated rings. The second kappa shape index (κ2) is 12.7. The van der Waals surface area contributed by atoms with Crippen molar-refractivity contribution in [2.45, 2.75) is 70.3 Å². The maximum Gasteiger partial charge on any atom is 0.243 e. The van der Waals surface area contributed by atoms with Gasteiger partial charge in [-0.25, -0.2) is 0 Å². The Morgan fingerprint density at radius 1 is 1.12 bits per heavy atom. The summed E-state index contributed by atoms with van der Waals surface area (Å²) in [7, 11) is 0. The number of carbonyl (C=O) groups excluding carboxylic acids is 2. The molecule has 0 bridgehead atoms. The zero-order chi connectivity index (χ0) is 23.8. The van der Waals surface area contributed by atoms with Gasteiger partial charge in [0, 0.05) is 33.9 Å². The van der Waals surface area contributed by atoms with Crippen LogP contribution in [0.5, 0.6) is 0 Å². The van der Waals surface area contributed by atoms with E-state index in [1.54, 1.807) is 34.9 Å². The molecule has 2 aromatic rings. The van der Waals surface area contributed by atoms with E-state index in [4.69, 9.17) is 23.2 Å². The zero-order valence-corrected chi connectivity index (χ0v) is 21.6. The maximum absolute atomic E-state index is 13.4. The van der Waals surface area contributed by atoms with Crippen LogP contribution >= 0.6 is 35.0 Å². The number of nitrogens with zero attached hydrogens (tertiary/aromatic N) is 1. The van der Waals surface area contributed by atoms with Crippen LogP contribution < -0.4 is 5.32 Å². The Morgan fingerprint density at radius 2 is 1.79 bits per heavy atom. The number of benzene rings is 2. The third-order valence-electron chi connectivity index (χ3n) is 6.05. The lowest BCUT2D eigenvalue weighted by atomic mass is 10.1. The number of carbonyl (C=O) groups is 2. The van der Waals surface area contributed by atoms with Crippen LogP contribution in [0.25, 0.3) is 0 Å². The minimum absolute atomic E-state index is 0.0861. The van der Waals surface area contributed by atoms with Gasteiger partial charge >= 0.3 is 0 Å². The first-order chi connectivity index (χ1) is 15.9. The highest BCUT2D eigenvalue weighted by Crippen LogP contribution is 2.28. The van der Waals surface area contributed by atoms with Crippen LogP contribution in [-0.2, 0) is 21.9 Å². The first-order valence-corrected chi connectivity index (χ1v) is 13.5. The maximum atomic E-state index is 13.4. The van der Waals surface area contributed by atoms with Crippen LogP contribution in [0.3, 0.4) is 0 Å². The van der Waals surface area contributed by atoms with Gasteiger partial charge in [0.05, 0.1) is 5.75 Å². The third kappa shape index (κ3) is 7.40. The Balaban J connectivity index is 1.75. The van der Waals surface area contributed by atoms with Crippen LogP contribution in [-0.4, -0.2) is 34.6 Å². The molecule has 1 aliphatic rings. The predicted molar refractivity (Wildman–Crippen MR) is 139 cm³/mol. The largest absolute Gasteiger partial charge is 0.352 e. The van der Waals surface area contributed by atoms with Gasteiger partial charge in [0.2, 0.25) is 11.8 Å². The van der Waals surface area contributed by atoms with Crippen molar-refractivity contribution in [3.8, 4) is 0 Å². The number of hydrogen-bond donors (Lipinski definition) is 1. The normalized spacial score (nSPS) is 14.8. The van der Waals surface area contributed by atoms with Gasteiger partial charge in [0.15, 0.2) is 0 Å². The van der Waals surface area contributed by atoms with Crippen LogP contribution in [0.1, 0.15) is 55.7 Å². The minimum Gasteiger partial charge on any atom is -0.352 e. The van der Waals surface area contributed by atoms with E-state index in [9.17, 15) is 9.59 Å². The number of amides is 2. The molecule has 0 aliphatic heterocycles. The average Bonchev–Trinajstić information content (AvgIpc) is 3.28. The molecule has 33 heavy (non-hydrogen) atoms. The molecule has 0 radical (unpaired) electrons. The fraction of sp³-hybridized carbons (Fsp3) is 0.462. The predicted octanol–water partition coefficient (Wildman–Crippen LogP) is 6.40. The highest BCUT2D eigenvalue weighted by Gasteiger charge is 2.31. The Kier molecular flexibility index (Phi) is 9.96. The Hall–Kier alpha value is -1.69. The quantitative estimate of drug-likeness (QED) is 0.405. The third-order valence-corrected chi connectivity index (χ3v) is 7.75. The lowest BCUT2D eigenvalue weighted by Gasteiger charge is -2.32. The molecule has 178 valence electrons. The standard InChI is InChI=1S/C26H32Cl2N2O2S/c1-3-24(26(32)29-20-10-4-5-11-20)30(15-21-22(27)12-7-13-23(21)28)25(31)17-33-16-19-9-6-8-18(2)14-19/h6-9,12-14,20,24H,3-5,10-11,15-17H2,1-2H3,(H,29,32)/t24-/m1/s1. The number of rotatable bonds is 10. The van der Waals surface area contributed by atoms with Gasteiger partial charge in [-0.1, -0.05) is 78.9 Å². The second-order valence-electron chi connectivity index (χ2n) is 8.62. The molecule has 0 unspecified atom stereocenters. The van der Waals surface area contributed by atoms with Crippen LogP contribution in [0.4, 0.5) is 0 Å². The molecule has 2 amide bonds. The summed E-state index contributed by atoms with van der Waals surface area (Å²) in [5, 5.41) is 4.16. The highest BCUT2D eigenvalue weighted by molar-refractivity contribution is 7.99. The molecule has 1 saturated carbocycles. The molecule has 2 aromatic carbocycles. The van der Waals surface area contributed by atoms with Crippen molar-refractivity contribution in [1.82, 2.24) is 10.2 Å². The molecule has 3 rings (SSSR count). The van der Waals surface area contributed by atoms with Gasteiger partial charge in [-0.15, -0.1) is 11.8 Å². The van der Waals surface area contributed by atoms with Gasteiger partial charge in [-0.2, -0.15) is 0 Å². The summed E-state index contributed by atoms with van der Waals surface area (Å²) in [6.45, 7) is 4.20. The number of hydrogen-bond acceptors (Lipinski definition) is 3. The van der Waals surface area contributed by atoms with Crippen LogP contribution in [0.15, 0.2) is 42.5 Å². The van der Waals surface area contributed by atoms with Crippen molar-refractivity contribution in [2.24, 2.45) is 0 Å². The Labute approximate surface area is 211 Å². The summed E-state index contributed by atoms with van der Waals surface area (Å²) in [6, 6.07) is 13.2. The lowest BCUT2D eigenvalue weighted by Crippen LogP contribution is -2.51. The minimum atomic E-state index is -0.565. The summed E-state index contributed by atoms with van der Waals surface area (Å²) < 4.78 is 0. The smallest absolute Gasteiger partial charge is 0.243 e. The molecule has 1 atom stereocenters. The first-order valence-electron chi connectivity index (χ1n) is 11.5.